The normalized spacial score (nSPS) is 12.0. The number of primary amides is 1. The number of amides is 1. The number of carbonyl (C=O) groups excluding carboxylic acids is 1. The molecule has 3 rings (SSSR count). The van der Waals surface area contributed by atoms with Crippen LogP contribution in [0.25, 0.3) is 0 Å². The van der Waals surface area contributed by atoms with E-state index in [1.165, 1.54) is 21.4 Å². The fourth-order valence-electron chi connectivity index (χ4n) is 3.10. The first kappa shape index (κ1) is 24.3. The Morgan fingerprint density at radius 3 is 1.82 bits per heavy atom. The molecule has 10 heteroatoms. The first-order valence-electron chi connectivity index (χ1n) is 10.2. The number of benzene rings is 2. The predicted octanol–water partition coefficient (Wildman–Crippen LogP) is 2.51. The van der Waals surface area contributed by atoms with Crippen LogP contribution >= 0.6 is 0 Å². The summed E-state index contributed by atoms with van der Waals surface area (Å²) in [6, 6.07) is 14.4. The molecule has 0 radical (unpaired) electrons. The van der Waals surface area contributed by atoms with Gasteiger partial charge in [0.1, 0.15) is 21.9 Å². The number of carbonyl (C=O) groups is 1. The summed E-state index contributed by atoms with van der Waals surface area (Å²) < 4.78 is 40.2. The first-order chi connectivity index (χ1) is 15.6. The van der Waals surface area contributed by atoms with E-state index >= 15 is 0 Å². The van der Waals surface area contributed by atoms with Crippen LogP contribution < -0.4 is 15.2 Å². The van der Waals surface area contributed by atoms with E-state index in [4.69, 9.17) is 15.2 Å². The molecule has 0 bridgehead atoms. The van der Waals surface area contributed by atoms with Gasteiger partial charge in [0.05, 0.1) is 20.4 Å². The summed E-state index contributed by atoms with van der Waals surface area (Å²) in [6.07, 6.45) is 2.56. The van der Waals surface area contributed by atoms with Crippen LogP contribution in [0.1, 0.15) is 25.0 Å². The minimum absolute atomic E-state index is 0.0288. The van der Waals surface area contributed by atoms with Crippen LogP contribution in [0.2, 0.25) is 0 Å². The number of aromatic nitrogens is 2. The van der Waals surface area contributed by atoms with Crippen LogP contribution in [-0.2, 0) is 33.4 Å². The van der Waals surface area contributed by atoms with Crippen molar-refractivity contribution in [1.82, 2.24) is 14.1 Å². The van der Waals surface area contributed by atoms with E-state index in [0.717, 1.165) is 11.1 Å². The minimum atomic E-state index is -3.96. The van der Waals surface area contributed by atoms with Gasteiger partial charge in [0, 0.05) is 19.3 Å². The number of rotatable bonds is 10. The Morgan fingerprint density at radius 2 is 1.42 bits per heavy atom. The lowest BCUT2D eigenvalue weighted by Gasteiger charge is -2.23. The van der Waals surface area contributed by atoms with Crippen LogP contribution in [0.15, 0.2) is 65.8 Å². The van der Waals surface area contributed by atoms with E-state index in [-0.39, 0.29) is 18.0 Å². The Labute approximate surface area is 193 Å². The van der Waals surface area contributed by atoms with Crippen LogP contribution in [0, 0.1) is 0 Å². The van der Waals surface area contributed by atoms with Gasteiger partial charge in [-0.05, 0) is 49.2 Å². The molecule has 33 heavy (non-hydrogen) atoms. The van der Waals surface area contributed by atoms with E-state index in [0.29, 0.717) is 11.5 Å². The SMILES string of the molecule is COc1ccc(CN(Cc2ccc(OC)cc2)S(=O)(=O)c2cnn(C(C)(C)C(N)=O)c2)cc1. The number of nitrogens with zero attached hydrogens (tertiary/aromatic N) is 3. The number of ether oxygens (including phenoxy) is 2. The van der Waals surface area contributed by atoms with Crippen LogP contribution in [0.3, 0.4) is 0 Å². The van der Waals surface area contributed by atoms with Gasteiger partial charge in [-0.15, -0.1) is 0 Å². The third-order valence-corrected chi connectivity index (χ3v) is 7.15. The Hall–Kier alpha value is -3.37. The molecule has 0 aliphatic carbocycles. The maximum absolute atomic E-state index is 13.6. The Balaban J connectivity index is 1.97. The molecule has 1 heterocycles. The molecule has 1 aromatic heterocycles. The van der Waals surface area contributed by atoms with E-state index in [1.54, 1.807) is 52.3 Å². The zero-order valence-corrected chi connectivity index (χ0v) is 19.9. The van der Waals surface area contributed by atoms with Crippen molar-refractivity contribution in [3.63, 3.8) is 0 Å². The van der Waals surface area contributed by atoms with Gasteiger partial charge in [0.25, 0.3) is 0 Å². The van der Waals surface area contributed by atoms with Gasteiger partial charge in [-0.1, -0.05) is 24.3 Å². The average Bonchev–Trinajstić information content (AvgIpc) is 3.31. The quantitative estimate of drug-likeness (QED) is 0.485. The molecule has 0 aliphatic rings. The summed E-state index contributed by atoms with van der Waals surface area (Å²) in [7, 11) is -0.818. The van der Waals surface area contributed by atoms with Crippen molar-refractivity contribution in [2.45, 2.75) is 37.4 Å². The van der Waals surface area contributed by atoms with E-state index in [2.05, 4.69) is 5.10 Å². The smallest absolute Gasteiger partial charge is 0.246 e. The third kappa shape index (κ3) is 5.35. The molecule has 0 saturated heterocycles. The average molecular weight is 473 g/mol. The number of nitrogens with two attached hydrogens (primary N) is 1. The third-order valence-electron chi connectivity index (χ3n) is 5.41. The topological polar surface area (TPSA) is 117 Å². The summed E-state index contributed by atoms with van der Waals surface area (Å²) in [5.74, 6) is 0.736. The Kier molecular flexibility index (Phi) is 7.09. The standard InChI is InChI=1S/C23H28N4O5S/c1-23(2,22(24)28)27-16-21(13-25-27)33(29,30)26(14-17-5-9-19(31-3)10-6-17)15-18-7-11-20(32-4)12-8-18/h5-13,16H,14-15H2,1-4H3,(H2,24,28). The van der Waals surface area contributed by atoms with Crippen molar-refractivity contribution in [3.8, 4) is 11.5 Å². The maximum atomic E-state index is 13.6. The van der Waals surface area contributed by atoms with Crippen LogP contribution in [-0.4, -0.2) is 42.6 Å². The second kappa shape index (κ2) is 9.63. The molecule has 0 unspecified atom stereocenters. The molecule has 3 aromatic rings. The zero-order chi connectivity index (χ0) is 24.2. The second-order valence-corrected chi connectivity index (χ2v) is 9.95. The van der Waals surface area contributed by atoms with E-state index in [1.807, 2.05) is 24.3 Å². The summed E-state index contributed by atoms with van der Waals surface area (Å²) in [5, 5.41) is 4.09. The number of sulfonamides is 1. The number of hydrogen-bond donors (Lipinski definition) is 1. The van der Waals surface area contributed by atoms with Gasteiger partial charge < -0.3 is 15.2 Å². The molecule has 0 saturated carbocycles. The molecule has 176 valence electrons. The zero-order valence-electron chi connectivity index (χ0n) is 19.1. The van der Waals surface area contributed by atoms with E-state index < -0.39 is 21.5 Å². The lowest BCUT2D eigenvalue weighted by atomic mass is 10.1. The molecule has 0 fully saturated rings. The molecule has 2 N–H and O–H groups in total. The van der Waals surface area contributed by atoms with Gasteiger partial charge in [0.15, 0.2) is 0 Å². The molecule has 0 aliphatic heterocycles. The van der Waals surface area contributed by atoms with Gasteiger partial charge in [-0.3, -0.25) is 9.48 Å². The van der Waals surface area contributed by atoms with Crippen molar-refractivity contribution >= 4 is 15.9 Å². The summed E-state index contributed by atoms with van der Waals surface area (Å²) >= 11 is 0. The molecule has 0 atom stereocenters. The number of hydrogen-bond acceptors (Lipinski definition) is 6. The van der Waals surface area contributed by atoms with Crippen LogP contribution in [0.5, 0.6) is 11.5 Å². The second-order valence-electron chi connectivity index (χ2n) is 8.01. The van der Waals surface area contributed by atoms with Crippen molar-refractivity contribution in [1.29, 1.82) is 0 Å². The first-order valence-corrected chi connectivity index (χ1v) is 11.6. The van der Waals surface area contributed by atoms with Crippen molar-refractivity contribution in [2.24, 2.45) is 5.73 Å². The highest BCUT2D eigenvalue weighted by atomic mass is 32.2. The number of methoxy groups -OCH3 is 2. The summed E-state index contributed by atoms with van der Waals surface area (Å²) in [4.78, 5) is 11.8. The largest absolute Gasteiger partial charge is 0.497 e. The summed E-state index contributed by atoms with van der Waals surface area (Å²) in [5.41, 5.74) is 5.86. The van der Waals surface area contributed by atoms with Crippen molar-refractivity contribution in [3.05, 3.63) is 72.1 Å². The lowest BCUT2D eigenvalue weighted by Crippen LogP contribution is -2.41. The molecular formula is C23H28N4O5S. The highest BCUT2D eigenvalue weighted by molar-refractivity contribution is 7.89. The summed E-state index contributed by atoms with van der Waals surface area (Å²) in [6.45, 7) is 3.40. The van der Waals surface area contributed by atoms with Crippen molar-refractivity contribution < 1.29 is 22.7 Å². The highest BCUT2D eigenvalue weighted by Gasteiger charge is 2.32. The van der Waals surface area contributed by atoms with Crippen molar-refractivity contribution in [2.75, 3.05) is 14.2 Å². The van der Waals surface area contributed by atoms with Crippen LogP contribution in [0.4, 0.5) is 0 Å². The molecule has 1 amide bonds. The van der Waals surface area contributed by atoms with Gasteiger partial charge in [0.2, 0.25) is 15.9 Å². The Morgan fingerprint density at radius 1 is 0.970 bits per heavy atom. The van der Waals surface area contributed by atoms with E-state index in [9.17, 15) is 13.2 Å². The van der Waals surface area contributed by atoms with Gasteiger partial charge in [-0.25, -0.2) is 8.42 Å². The van der Waals surface area contributed by atoms with Gasteiger partial charge >= 0.3 is 0 Å². The Bertz CT molecular complexity index is 1150. The molecule has 0 spiro atoms. The highest BCUT2D eigenvalue weighted by Crippen LogP contribution is 2.24. The fourth-order valence-corrected chi connectivity index (χ4v) is 4.45. The minimum Gasteiger partial charge on any atom is -0.497 e. The lowest BCUT2D eigenvalue weighted by molar-refractivity contribution is -0.125. The molecule has 9 nitrogen and oxygen atoms in total. The predicted molar refractivity (Wildman–Crippen MR) is 123 cm³/mol. The fraction of sp³-hybridized carbons (Fsp3) is 0.304. The molecular weight excluding hydrogens is 444 g/mol. The maximum Gasteiger partial charge on any atom is 0.246 e. The molecule has 2 aromatic carbocycles. The monoisotopic (exact) mass is 472 g/mol. The van der Waals surface area contributed by atoms with Gasteiger partial charge in [-0.2, -0.15) is 9.40 Å².